The Kier molecular flexibility index (Phi) is 4.76. The summed E-state index contributed by atoms with van der Waals surface area (Å²) in [7, 11) is 0. The van der Waals surface area contributed by atoms with Crippen molar-refractivity contribution in [2.24, 2.45) is 0 Å². The van der Waals surface area contributed by atoms with Gasteiger partial charge in [0, 0.05) is 11.1 Å². The first-order valence-electron chi connectivity index (χ1n) is 8.85. The Hall–Kier alpha value is -2.59. The molecule has 1 aliphatic carbocycles. The number of halogens is 1. The molecule has 0 bridgehead atoms. The van der Waals surface area contributed by atoms with E-state index in [1.807, 2.05) is 24.3 Å². The van der Waals surface area contributed by atoms with Crippen LogP contribution in [0.1, 0.15) is 28.7 Å². The summed E-state index contributed by atoms with van der Waals surface area (Å²) in [5.41, 5.74) is 4.83. The van der Waals surface area contributed by atoms with E-state index < -0.39 is 0 Å². The minimum Gasteiger partial charge on any atom is -0.311 e. The monoisotopic (exact) mass is 365 g/mol. The summed E-state index contributed by atoms with van der Waals surface area (Å²) in [6.07, 6.45) is 5.54. The highest BCUT2D eigenvalue weighted by molar-refractivity contribution is 6.31. The van der Waals surface area contributed by atoms with Crippen molar-refractivity contribution in [2.45, 2.75) is 32.2 Å². The van der Waals surface area contributed by atoms with Gasteiger partial charge in [0.05, 0.1) is 19.2 Å². The third kappa shape index (κ3) is 3.65. The van der Waals surface area contributed by atoms with Crippen LogP contribution in [0.15, 0.2) is 54.7 Å². The molecule has 5 heteroatoms. The van der Waals surface area contributed by atoms with Gasteiger partial charge in [0.2, 0.25) is 5.91 Å². The lowest BCUT2D eigenvalue weighted by molar-refractivity contribution is -0.115. The molecule has 4 rings (SSSR count). The van der Waals surface area contributed by atoms with Crippen molar-refractivity contribution in [1.29, 1.82) is 0 Å². The van der Waals surface area contributed by atoms with Gasteiger partial charge in [-0.3, -0.25) is 4.79 Å². The quantitative estimate of drug-likeness (QED) is 0.734. The molecule has 3 aromatic rings. The topological polar surface area (TPSA) is 46.9 Å². The number of hydrogen-bond acceptors (Lipinski definition) is 2. The molecule has 0 atom stereocenters. The predicted molar refractivity (Wildman–Crippen MR) is 104 cm³/mol. The normalized spacial score (nSPS) is 12.8. The number of anilines is 1. The molecule has 26 heavy (non-hydrogen) atoms. The first-order valence-corrected chi connectivity index (χ1v) is 9.22. The fourth-order valence-electron chi connectivity index (χ4n) is 3.46. The summed E-state index contributed by atoms with van der Waals surface area (Å²) >= 11 is 6.22. The van der Waals surface area contributed by atoms with E-state index >= 15 is 0 Å². The molecule has 0 radical (unpaired) electrons. The van der Waals surface area contributed by atoms with Crippen LogP contribution < -0.4 is 5.32 Å². The first kappa shape index (κ1) is 16.9. The molecular formula is C21H20ClN3O. The Labute approximate surface area is 157 Å². The number of fused-ring (bicyclic) bond motifs is 1. The lowest BCUT2D eigenvalue weighted by atomic mass is 10.0. The van der Waals surface area contributed by atoms with Crippen LogP contribution in [0.5, 0.6) is 0 Å². The number of benzene rings is 2. The Bertz CT molecular complexity index is 948. The van der Waals surface area contributed by atoms with E-state index in [0.29, 0.717) is 23.8 Å². The second kappa shape index (κ2) is 7.34. The molecule has 0 aliphatic heterocycles. The molecule has 1 N–H and O–H groups in total. The number of amides is 1. The molecule has 0 saturated heterocycles. The average Bonchev–Trinajstić information content (AvgIpc) is 3.26. The van der Waals surface area contributed by atoms with Crippen LogP contribution in [0.3, 0.4) is 0 Å². The highest BCUT2D eigenvalue weighted by Gasteiger charge is 2.13. The smallest absolute Gasteiger partial charge is 0.229 e. The number of nitrogens with zero attached hydrogens (tertiary/aromatic N) is 2. The van der Waals surface area contributed by atoms with E-state index in [1.165, 1.54) is 17.5 Å². The summed E-state index contributed by atoms with van der Waals surface area (Å²) in [6.45, 7) is 0.515. The Morgan fingerprint density at radius 3 is 2.85 bits per heavy atom. The van der Waals surface area contributed by atoms with Gasteiger partial charge in [0.15, 0.2) is 0 Å². The van der Waals surface area contributed by atoms with Crippen molar-refractivity contribution in [1.82, 2.24) is 9.78 Å². The molecule has 1 aromatic heterocycles. The number of aryl methyl sites for hydroxylation is 2. The Morgan fingerprint density at radius 1 is 1.12 bits per heavy atom. The lowest BCUT2D eigenvalue weighted by Gasteiger charge is -2.11. The fourth-order valence-corrected chi connectivity index (χ4v) is 3.66. The van der Waals surface area contributed by atoms with Gasteiger partial charge in [0.25, 0.3) is 0 Å². The maximum absolute atomic E-state index is 12.5. The maximum Gasteiger partial charge on any atom is 0.229 e. The number of aromatic nitrogens is 2. The third-order valence-electron chi connectivity index (χ3n) is 4.79. The van der Waals surface area contributed by atoms with Crippen LogP contribution in [0.2, 0.25) is 5.02 Å². The van der Waals surface area contributed by atoms with Gasteiger partial charge in [-0.25, -0.2) is 4.68 Å². The zero-order valence-corrected chi connectivity index (χ0v) is 15.2. The molecule has 132 valence electrons. The van der Waals surface area contributed by atoms with E-state index in [4.69, 9.17) is 11.6 Å². The van der Waals surface area contributed by atoms with Crippen LogP contribution in [0.4, 0.5) is 5.82 Å². The molecular weight excluding hydrogens is 346 g/mol. The Balaban J connectivity index is 1.44. The molecule has 2 aromatic carbocycles. The molecule has 1 amide bonds. The van der Waals surface area contributed by atoms with Crippen molar-refractivity contribution < 1.29 is 4.79 Å². The second-order valence-electron chi connectivity index (χ2n) is 6.65. The van der Waals surface area contributed by atoms with E-state index in [1.54, 1.807) is 16.9 Å². The molecule has 1 heterocycles. The molecule has 0 fully saturated rings. The first-order chi connectivity index (χ1) is 12.7. The van der Waals surface area contributed by atoms with Gasteiger partial charge in [-0.2, -0.15) is 5.10 Å². The van der Waals surface area contributed by atoms with Crippen molar-refractivity contribution in [3.05, 3.63) is 82.0 Å². The highest BCUT2D eigenvalue weighted by Crippen LogP contribution is 2.23. The van der Waals surface area contributed by atoms with Gasteiger partial charge in [0.1, 0.15) is 5.82 Å². The fraction of sp³-hybridized carbons (Fsp3) is 0.238. The van der Waals surface area contributed by atoms with Crippen LogP contribution in [0.25, 0.3) is 0 Å². The molecule has 0 spiro atoms. The lowest BCUT2D eigenvalue weighted by Crippen LogP contribution is -2.18. The molecule has 1 aliphatic rings. The van der Waals surface area contributed by atoms with Crippen LogP contribution in [-0.4, -0.2) is 15.7 Å². The zero-order valence-electron chi connectivity index (χ0n) is 14.4. The van der Waals surface area contributed by atoms with E-state index in [2.05, 4.69) is 28.6 Å². The van der Waals surface area contributed by atoms with Gasteiger partial charge < -0.3 is 5.32 Å². The summed E-state index contributed by atoms with van der Waals surface area (Å²) in [6, 6.07) is 15.8. The Morgan fingerprint density at radius 2 is 1.96 bits per heavy atom. The number of carbonyl (C=O) groups is 1. The number of hydrogen-bond donors (Lipinski definition) is 1. The summed E-state index contributed by atoms with van der Waals surface area (Å²) in [4.78, 5) is 12.5. The third-order valence-corrected chi connectivity index (χ3v) is 5.16. The van der Waals surface area contributed by atoms with E-state index in [9.17, 15) is 4.79 Å². The standard InChI is InChI=1S/C21H20ClN3O/c22-19-7-2-1-4-18(19)14-25-20(10-11-23-25)24-21(26)13-15-8-9-16-5-3-6-17(16)12-15/h1-2,4,7-12H,3,5-6,13-14H2,(H,24,26). The van der Waals surface area contributed by atoms with Gasteiger partial charge >= 0.3 is 0 Å². The number of nitrogens with one attached hydrogen (secondary N) is 1. The zero-order chi connectivity index (χ0) is 17.9. The minimum absolute atomic E-state index is 0.0381. The summed E-state index contributed by atoms with van der Waals surface area (Å²) in [5.74, 6) is 0.639. The van der Waals surface area contributed by atoms with E-state index in [0.717, 1.165) is 24.0 Å². The average molecular weight is 366 g/mol. The SMILES string of the molecule is O=C(Cc1ccc2c(c1)CCC2)Nc1ccnn1Cc1ccccc1Cl. The largest absolute Gasteiger partial charge is 0.311 e. The van der Waals surface area contributed by atoms with E-state index in [-0.39, 0.29) is 5.91 Å². The van der Waals surface area contributed by atoms with Crippen LogP contribution >= 0.6 is 11.6 Å². The van der Waals surface area contributed by atoms with Crippen molar-refractivity contribution in [3.63, 3.8) is 0 Å². The molecule has 0 unspecified atom stereocenters. The predicted octanol–water partition coefficient (Wildman–Crippen LogP) is 4.25. The molecule has 4 nitrogen and oxygen atoms in total. The van der Waals surface area contributed by atoms with Gasteiger partial charge in [-0.05, 0) is 47.6 Å². The number of carbonyl (C=O) groups excluding carboxylic acids is 1. The molecule has 0 saturated carbocycles. The van der Waals surface area contributed by atoms with Crippen molar-refractivity contribution >= 4 is 23.3 Å². The number of rotatable bonds is 5. The van der Waals surface area contributed by atoms with Crippen molar-refractivity contribution in [2.75, 3.05) is 5.32 Å². The van der Waals surface area contributed by atoms with Crippen LogP contribution in [-0.2, 0) is 30.6 Å². The minimum atomic E-state index is -0.0381. The maximum atomic E-state index is 12.5. The van der Waals surface area contributed by atoms with Crippen LogP contribution in [0, 0.1) is 0 Å². The highest BCUT2D eigenvalue weighted by atomic mass is 35.5. The van der Waals surface area contributed by atoms with Gasteiger partial charge in [-0.15, -0.1) is 0 Å². The second-order valence-corrected chi connectivity index (χ2v) is 7.05. The van der Waals surface area contributed by atoms with Gasteiger partial charge in [-0.1, -0.05) is 48.0 Å². The summed E-state index contributed by atoms with van der Waals surface area (Å²) < 4.78 is 1.75. The van der Waals surface area contributed by atoms with Crippen molar-refractivity contribution in [3.8, 4) is 0 Å². The summed E-state index contributed by atoms with van der Waals surface area (Å²) in [5, 5.41) is 7.96.